The smallest absolute Gasteiger partial charge is 0.105 e. The van der Waals surface area contributed by atoms with Gasteiger partial charge in [-0.3, -0.25) is 0 Å². The van der Waals surface area contributed by atoms with Gasteiger partial charge >= 0.3 is 0 Å². The van der Waals surface area contributed by atoms with Gasteiger partial charge in [-0.15, -0.1) is 0 Å². The van der Waals surface area contributed by atoms with Crippen molar-refractivity contribution >= 4 is 0 Å². The van der Waals surface area contributed by atoms with Crippen LogP contribution < -0.4 is 5.32 Å². The van der Waals surface area contributed by atoms with Crippen LogP contribution in [0.3, 0.4) is 0 Å². The molecular weight excluding hydrogens is 186 g/mol. The summed E-state index contributed by atoms with van der Waals surface area (Å²) in [6.45, 7) is 7.43. The lowest BCUT2D eigenvalue weighted by Gasteiger charge is -2.27. The van der Waals surface area contributed by atoms with Gasteiger partial charge in [-0.05, 0) is 52.1 Å². The zero-order chi connectivity index (χ0) is 10.8. The van der Waals surface area contributed by atoms with E-state index in [9.17, 15) is 0 Å². The van der Waals surface area contributed by atoms with E-state index in [1.165, 1.54) is 24.8 Å². The van der Waals surface area contributed by atoms with Crippen molar-refractivity contribution < 1.29 is 4.42 Å². The maximum absolute atomic E-state index is 5.54. The standard InChI is InChI=1S/C13H21NO/c1-9-7-13(11(3)15-9)10(2)14-8-12-5-4-6-12/h7,10,12,14H,4-6,8H2,1-3H3. The first kappa shape index (κ1) is 10.7. The van der Waals surface area contributed by atoms with E-state index in [0.717, 1.165) is 24.0 Å². The summed E-state index contributed by atoms with van der Waals surface area (Å²) in [7, 11) is 0. The Bertz CT molecular complexity index is 325. The molecule has 0 radical (unpaired) electrons. The van der Waals surface area contributed by atoms with Gasteiger partial charge in [-0.2, -0.15) is 0 Å². The second-order valence-electron chi connectivity index (χ2n) is 4.80. The molecule has 1 N–H and O–H groups in total. The highest BCUT2D eigenvalue weighted by Gasteiger charge is 2.19. The van der Waals surface area contributed by atoms with Crippen LogP contribution in [-0.2, 0) is 0 Å². The first-order chi connectivity index (χ1) is 7.16. The number of rotatable bonds is 4. The Kier molecular flexibility index (Phi) is 3.15. The molecule has 0 aliphatic heterocycles. The molecule has 2 heteroatoms. The van der Waals surface area contributed by atoms with Crippen molar-refractivity contribution in [3.05, 3.63) is 23.2 Å². The minimum atomic E-state index is 0.419. The molecule has 1 unspecified atom stereocenters. The monoisotopic (exact) mass is 207 g/mol. The molecule has 1 saturated carbocycles. The molecule has 1 aliphatic carbocycles. The lowest BCUT2D eigenvalue weighted by Crippen LogP contribution is -2.29. The summed E-state index contributed by atoms with van der Waals surface area (Å²) in [5.41, 5.74) is 1.31. The van der Waals surface area contributed by atoms with Gasteiger partial charge in [0.15, 0.2) is 0 Å². The van der Waals surface area contributed by atoms with Gasteiger partial charge in [0.25, 0.3) is 0 Å². The number of furan rings is 1. The Morgan fingerprint density at radius 1 is 1.47 bits per heavy atom. The molecule has 2 rings (SSSR count). The van der Waals surface area contributed by atoms with Crippen molar-refractivity contribution in [2.45, 2.75) is 46.1 Å². The van der Waals surface area contributed by atoms with Crippen LogP contribution in [0, 0.1) is 19.8 Å². The zero-order valence-electron chi connectivity index (χ0n) is 9.97. The first-order valence-corrected chi connectivity index (χ1v) is 5.97. The fourth-order valence-electron chi connectivity index (χ4n) is 2.23. The highest BCUT2D eigenvalue weighted by Crippen LogP contribution is 2.27. The molecule has 1 atom stereocenters. The van der Waals surface area contributed by atoms with Crippen molar-refractivity contribution in [3.8, 4) is 0 Å². The number of hydrogen-bond acceptors (Lipinski definition) is 2. The van der Waals surface area contributed by atoms with Crippen molar-refractivity contribution in [1.82, 2.24) is 5.32 Å². The van der Waals surface area contributed by atoms with E-state index in [-0.39, 0.29) is 0 Å². The van der Waals surface area contributed by atoms with E-state index in [1.807, 2.05) is 13.8 Å². The minimum Gasteiger partial charge on any atom is -0.466 e. The molecule has 0 spiro atoms. The second-order valence-corrected chi connectivity index (χ2v) is 4.80. The van der Waals surface area contributed by atoms with Gasteiger partial charge < -0.3 is 9.73 Å². The average Bonchev–Trinajstić information content (AvgIpc) is 2.42. The van der Waals surface area contributed by atoms with Crippen LogP contribution in [0.25, 0.3) is 0 Å². The predicted molar refractivity (Wildman–Crippen MR) is 61.9 cm³/mol. The van der Waals surface area contributed by atoms with Crippen LogP contribution >= 0.6 is 0 Å². The van der Waals surface area contributed by atoms with Crippen LogP contribution in [0.4, 0.5) is 0 Å². The normalized spacial score (nSPS) is 18.9. The minimum absolute atomic E-state index is 0.419. The second kappa shape index (κ2) is 4.40. The molecule has 2 nitrogen and oxygen atoms in total. The van der Waals surface area contributed by atoms with Crippen molar-refractivity contribution in [3.63, 3.8) is 0 Å². The van der Waals surface area contributed by atoms with Crippen LogP contribution in [0.5, 0.6) is 0 Å². The summed E-state index contributed by atoms with van der Waals surface area (Å²) in [5.74, 6) is 2.99. The molecule has 15 heavy (non-hydrogen) atoms. The van der Waals surface area contributed by atoms with E-state index in [1.54, 1.807) is 0 Å². The SMILES string of the molecule is Cc1cc(C(C)NCC2CCC2)c(C)o1. The molecule has 1 aliphatic rings. The molecule has 1 aromatic heterocycles. The molecule has 0 amide bonds. The molecule has 1 heterocycles. The number of nitrogens with one attached hydrogen (secondary N) is 1. The Morgan fingerprint density at radius 2 is 2.20 bits per heavy atom. The largest absolute Gasteiger partial charge is 0.466 e. The van der Waals surface area contributed by atoms with Crippen LogP contribution in [-0.4, -0.2) is 6.54 Å². The summed E-state index contributed by atoms with van der Waals surface area (Å²) < 4.78 is 5.54. The third-order valence-corrected chi connectivity index (χ3v) is 3.48. The van der Waals surface area contributed by atoms with Gasteiger partial charge in [0.2, 0.25) is 0 Å². The lowest BCUT2D eigenvalue weighted by atomic mass is 9.85. The zero-order valence-corrected chi connectivity index (χ0v) is 9.97. The molecule has 84 valence electrons. The van der Waals surface area contributed by atoms with Crippen LogP contribution in [0.1, 0.15) is 49.3 Å². The van der Waals surface area contributed by atoms with E-state index in [2.05, 4.69) is 18.3 Å². The summed E-state index contributed by atoms with van der Waals surface area (Å²) in [4.78, 5) is 0. The van der Waals surface area contributed by atoms with Gasteiger partial charge in [0.1, 0.15) is 11.5 Å². The number of hydrogen-bond donors (Lipinski definition) is 1. The van der Waals surface area contributed by atoms with Gasteiger partial charge in [-0.25, -0.2) is 0 Å². The topological polar surface area (TPSA) is 25.2 Å². The lowest BCUT2D eigenvalue weighted by molar-refractivity contribution is 0.292. The van der Waals surface area contributed by atoms with Crippen molar-refractivity contribution in [2.75, 3.05) is 6.54 Å². The fourth-order valence-corrected chi connectivity index (χ4v) is 2.23. The third kappa shape index (κ3) is 2.43. The quantitative estimate of drug-likeness (QED) is 0.819. The van der Waals surface area contributed by atoms with Crippen molar-refractivity contribution in [2.24, 2.45) is 5.92 Å². The van der Waals surface area contributed by atoms with E-state index >= 15 is 0 Å². The molecule has 1 fully saturated rings. The Labute approximate surface area is 92.1 Å². The van der Waals surface area contributed by atoms with Crippen LogP contribution in [0.15, 0.2) is 10.5 Å². The first-order valence-electron chi connectivity index (χ1n) is 5.97. The average molecular weight is 207 g/mol. The summed E-state index contributed by atoms with van der Waals surface area (Å²) in [6, 6.07) is 2.57. The highest BCUT2D eigenvalue weighted by atomic mass is 16.3. The summed E-state index contributed by atoms with van der Waals surface area (Å²) in [5, 5.41) is 3.60. The fraction of sp³-hybridized carbons (Fsp3) is 0.692. The van der Waals surface area contributed by atoms with Gasteiger partial charge in [0, 0.05) is 11.6 Å². The maximum atomic E-state index is 5.54. The van der Waals surface area contributed by atoms with E-state index in [0.29, 0.717) is 6.04 Å². The predicted octanol–water partition coefficient (Wildman–Crippen LogP) is 3.35. The molecule has 1 aromatic rings. The molecule has 0 aromatic carbocycles. The highest BCUT2D eigenvalue weighted by molar-refractivity contribution is 5.23. The number of aryl methyl sites for hydroxylation is 2. The maximum Gasteiger partial charge on any atom is 0.105 e. The summed E-state index contributed by atoms with van der Waals surface area (Å²) in [6.07, 6.45) is 4.23. The summed E-state index contributed by atoms with van der Waals surface area (Å²) >= 11 is 0. The van der Waals surface area contributed by atoms with Crippen molar-refractivity contribution in [1.29, 1.82) is 0 Å². The Morgan fingerprint density at radius 3 is 2.67 bits per heavy atom. The molecular formula is C13H21NO. The Balaban J connectivity index is 1.88. The Hall–Kier alpha value is -0.760. The van der Waals surface area contributed by atoms with Gasteiger partial charge in [-0.1, -0.05) is 6.42 Å². The van der Waals surface area contributed by atoms with E-state index < -0.39 is 0 Å². The van der Waals surface area contributed by atoms with Gasteiger partial charge in [0.05, 0.1) is 0 Å². The van der Waals surface area contributed by atoms with E-state index in [4.69, 9.17) is 4.42 Å². The van der Waals surface area contributed by atoms with Crippen LogP contribution in [0.2, 0.25) is 0 Å². The molecule has 0 bridgehead atoms. The third-order valence-electron chi connectivity index (χ3n) is 3.48. The molecule has 0 saturated heterocycles.